The molecular formula is C6H11FO. The molecule has 1 saturated carbocycles. The van der Waals surface area contributed by atoms with E-state index in [0.29, 0.717) is 6.42 Å². The van der Waals surface area contributed by atoms with Gasteiger partial charge in [0.05, 0.1) is 6.67 Å². The van der Waals surface area contributed by atoms with Crippen molar-refractivity contribution in [2.24, 2.45) is 5.41 Å². The van der Waals surface area contributed by atoms with Gasteiger partial charge in [-0.2, -0.15) is 0 Å². The zero-order valence-electron chi connectivity index (χ0n) is 4.86. The second-order valence-electron chi connectivity index (χ2n) is 2.61. The Labute approximate surface area is 48.5 Å². The molecule has 0 aromatic carbocycles. The normalized spacial score (nSPS) is 23.2. The smallest absolute Gasteiger partial charge is 0.0951 e. The van der Waals surface area contributed by atoms with E-state index in [9.17, 15) is 4.39 Å². The molecule has 0 aliphatic heterocycles. The molecule has 2 heteroatoms. The quantitative estimate of drug-likeness (QED) is 0.588. The van der Waals surface area contributed by atoms with Crippen LogP contribution in [-0.4, -0.2) is 18.4 Å². The van der Waals surface area contributed by atoms with Crippen LogP contribution >= 0.6 is 0 Å². The lowest BCUT2D eigenvalue weighted by molar-refractivity contribution is 0.223. The highest BCUT2D eigenvalue weighted by molar-refractivity contribution is 4.91. The summed E-state index contributed by atoms with van der Waals surface area (Å²) in [6.07, 6.45) is 2.61. The van der Waals surface area contributed by atoms with Crippen LogP contribution in [0, 0.1) is 5.41 Å². The summed E-state index contributed by atoms with van der Waals surface area (Å²) in [7, 11) is 0. The third kappa shape index (κ3) is 0.996. The molecule has 1 rings (SSSR count). The maximum atomic E-state index is 11.9. The minimum atomic E-state index is -0.242. The van der Waals surface area contributed by atoms with Gasteiger partial charge in [-0.25, -0.2) is 0 Å². The predicted molar refractivity (Wildman–Crippen MR) is 29.3 cm³/mol. The molecule has 0 bridgehead atoms. The summed E-state index contributed by atoms with van der Waals surface area (Å²) in [4.78, 5) is 0. The molecule has 0 amide bonds. The van der Waals surface area contributed by atoms with E-state index in [2.05, 4.69) is 0 Å². The van der Waals surface area contributed by atoms with Crippen molar-refractivity contribution in [1.29, 1.82) is 0 Å². The maximum absolute atomic E-state index is 11.9. The number of aliphatic hydroxyl groups excluding tert-OH is 1. The summed E-state index contributed by atoms with van der Waals surface area (Å²) >= 11 is 0. The fourth-order valence-corrected chi connectivity index (χ4v) is 0.864. The predicted octanol–water partition coefficient (Wildman–Crippen LogP) is 1.12. The van der Waals surface area contributed by atoms with Crippen molar-refractivity contribution in [3.8, 4) is 0 Å². The molecule has 1 aliphatic rings. The molecule has 0 atom stereocenters. The van der Waals surface area contributed by atoms with Crippen LogP contribution in [0.1, 0.15) is 19.3 Å². The molecule has 8 heavy (non-hydrogen) atoms. The van der Waals surface area contributed by atoms with Crippen LogP contribution in [-0.2, 0) is 0 Å². The zero-order chi connectivity index (χ0) is 6.04. The van der Waals surface area contributed by atoms with Crippen LogP contribution in [0.3, 0.4) is 0 Å². The first-order valence-electron chi connectivity index (χ1n) is 3.00. The van der Waals surface area contributed by atoms with E-state index < -0.39 is 0 Å². The van der Waals surface area contributed by atoms with E-state index in [1.165, 1.54) is 0 Å². The van der Waals surface area contributed by atoms with Gasteiger partial charge in [0.15, 0.2) is 0 Å². The highest BCUT2D eigenvalue weighted by Crippen LogP contribution is 2.48. The van der Waals surface area contributed by atoms with Gasteiger partial charge in [-0.15, -0.1) is 0 Å². The monoisotopic (exact) mass is 118 g/mol. The molecule has 0 radical (unpaired) electrons. The molecule has 1 aliphatic carbocycles. The van der Waals surface area contributed by atoms with Crippen molar-refractivity contribution in [3.63, 3.8) is 0 Å². The average Bonchev–Trinajstić information content (AvgIpc) is 2.50. The van der Waals surface area contributed by atoms with Crippen molar-refractivity contribution >= 4 is 0 Å². The number of hydrogen-bond acceptors (Lipinski definition) is 1. The van der Waals surface area contributed by atoms with E-state index in [0.717, 1.165) is 12.8 Å². The van der Waals surface area contributed by atoms with Crippen molar-refractivity contribution in [2.75, 3.05) is 13.3 Å². The van der Waals surface area contributed by atoms with Gasteiger partial charge >= 0.3 is 0 Å². The largest absolute Gasteiger partial charge is 0.396 e. The van der Waals surface area contributed by atoms with E-state index in [1.54, 1.807) is 0 Å². The fraction of sp³-hybridized carbons (Fsp3) is 1.00. The number of rotatable bonds is 3. The van der Waals surface area contributed by atoms with Crippen molar-refractivity contribution < 1.29 is 9.50 Å². The molecule has 0 aromatic heterocycles. The Morgan fingerprint density at radius 1 is 1.50 bits per heavy atom. The Morgan fingerprint density at radius 2 is 2.12 bits per heavy atom. The van der Waals surface area contributed by atoms with Gasteiger partial charge in [-0.3, -0.25) is 4.39 Å². The van der Waals surface area contributed by atoms with Crippen molar-refractivity contribution in [3.05, 3.63) is 0 Å². The van der Waals surface area contributed by atoms with Gasteiger partial charge in [0.1, 0.15) is 0 Å². The summed E-state index contributed by atoms with van der Waals surface area (Å²) < 4.78 is 11.9. The van der Waals surface area contributed by atoms with Crippen LogP contribution < -0.4 is 0 Å². The highest BCUT2D eigenvalue weighted by Gasteiger charge is 2.41. The average molecular weight is 118 g/mol. The first-order chi connectivity index (χ1) is 3.83. The second-order valence-corrected chi connectivity index (χ2v) is 2.61. The van der Waals surface area contributed by atoms with Gasteiger partial charge in [0, 0.05) is 12.0 Å². The van der Waals surface area contributed by atoms with Crippen molar-refractivity contribution in [2.45, 2.75) is 19.3 Å². The van der Waals surface area contributed by atoms with Gasteiger partial charge in [-0.1, -0.05) is 0 Å². The molecule has 1 fully saturated rings. The molecule has 0 spiro atoms. The lowest BCUT2D eigenvalue weighted by Crippen LogP contribution is -2.04. The molecule has 0 saturated heterocycles. The Balaban J connectivity index is 2.20. The minimum Gasteiger partial charge on any atom is -0.396 e. The number of hydrogen-bond donors (Lipinski definition) is 1. The molecule has 1 N–H and O–H groups in total. The highest BCUT2D eigenvalue weighted by atomic mass is 19.1. The zero-order valence-corrected chi connectivity index (χ0v) is 4.86. The Hall–Kier alpha value is -0.110. The van der Waals surface area contributed by atoms with E-state index in [4.69, 9.17) is 5.11 Å². The molecule has 0 unspecified atom stereocenters. The van der Waals surface area contributed by atoms with E-state index >= 15 is 0 Å². The second kappa shape index (κ2) is 2.02. The van der Waals surface area contributed by atoms with E-state index in [-0.39, 0.29) is 18.7 Å². The van der Waals surface area contributed by atoms with Gasteiger partial charge < -0.3 is 5.11 Å². The fourth-order valence-electron chi connectivity index (χ4n) is 0.864. The van der Waals surface area contributed by atoms with Crippen LogP contribution in [0.15, 0.2) is 0 Å². The van der Waals surface area contributed by atoms with E-state index in [1.807, 2.05) is 0 Å². The lowest BCUT2D eigenvalue weighted by atomic mass is 10.1. The summed E-state index contributed by atoms with van der Waals surface area (Å²) in [5.74, 6) is 0. The maximum Gasteiger partial charge on any atom is 0.0951 e. The molecule has 0 aromatic rings. The van der Waals surface area contributed by atoms with Crippen molar-refractivity contribution in [1.82, 2.24) is 0 Å². The summed E-state index contributed by atoms with van der Waals surface area (Å²) in [5, 5.41) is 8.41. The minimum absolute atomic E-state index is 0.0747. The van der Waals surface area contributed by atoms with Crippen LogP contribution in [0.2, 0.25) is 0 Å². The summed E-state index contributed by atoms with van der Waals surface area (Å²) in [6.45, 7) is -0.0997. The number of halogens is 1. The number of aliphatic hydroxyl groups is 1. The van der Waals surface area contributed by atoms with Gasteiger partial charge in [0.25, 0.3) is 0 Å². The SMILES string of the molecule is OCCC1(CF)CC1. The van der Waals surface area contributed by atoms with Gasteiger partial charge in [0.2, 0.25) is 0 Å². The standard InChI is InChI=1S/C6H11FO/c7-5-6(1-2-6)3-4-8/h8H,1-5H2. The number of alkyl halides is 1. The topological polar surface area (TPSA) is 20.2 Å². The molecule has 48 valence electrons. The molecule has 0 heterocycles. The molecular weight excluding hydrogens is 107 g/mol. The first-order valence-corrected chi connectivity index (χ1v) is 3.00. The molecule has 1 nitrogen and oxygen atoms in total. The van der Waals surface area contributed by atoms with Gasteiger partial charge in [-0.05, 0) is 19.3 Å². The van der Waals surface area contributed by atoms with Crippen LogP contribution in [0.5, 0.6) is 0 Å². The lowest BCUT2D eigenvalue weighted by Gasteiger charge is -2.04. The Kier molecular flexibility index (Phi) is 1.52. The Bertz CT molecular complexity index is 78.6. The summed E-state index contributed by atoms with van der Waals surface area (Å²) in [5.41, 5.74) is -0.0747. The summed E-state index contributed by atoms with van der Waals surface area (Å²) in [6, 6.07) is 0. The van der Waals surface area contributed by atoms with Crippen LogP contribution in [0.25, 0.3) is 0 Å². The third-order valence-corrected chi connectivity index (χ3v) is 1.88. The van der Waals surface area contributed by atoms with Crippen LogP contribution in [0.4, 0.5) is 4.39 Å². The Morgan fingerprint density at radius 3 is 2.25 bits per heavy atom. The third-order valence-electron chi connectivity index (χ3n) is 1.88. The first kappa shape index (κ1) is 6.02.